The Labute approximate surface area is 126 Å². The lowest BCUT2D eigenvalue weighted by Gasteiger charge is -2.17. The zero-order valence-electron chi connectivity index (χ0n) is 13.1. The van der Waals surface area contributed by atoms with Crippen LogP contribution >= 0.6 is 0 Å². The second kappa shape index (κ2) is 8.42. The van der Waals surface area contributed by atoms with Crippen LogP contribution in [0, 0.1) is 0 Å². The first-order chi connectivity index (χ1) is 9.93. The number of nitrogens with zero attached hydrogens (tertiary/aromatic N) is 1. The summed E-state index contributed by atoms with van der Waals surface area (Å²) in [5.74, 6) is -0.832. The highest BCUT2D eigenvalue weighted by atomic mass is 16.6. The van der Waals surface area contributed by atoms with E-state index in [1.165, 1.54) is 0 Å². The molecule has 0 amide bonds. The highest BCUT2D eigenvalue weighted by Gasteiger charge is 2.18. The minimum atomic E-state index is -0.832. The molecule has 0 aromatic heterocycles. The molecule has 1 aromatic carbocycles. The van der Waals surface area contributed by atoms with E-state index < -0.39 is 12.0 Å². The number of oxime groups is 1. The van der Waals surface area contributed by atoms with Crippen molar-refractivity contribution in [3.63, 3.8) is 0 Å². The van der Waals surface area contributed by atoms with Crippen molar-refractivity contribution >= 4 is 11.7 Å². The lowest BCUT2D eigenvalue weighted by Crippen LogP contribution is -2.42. The van der Waals surface area contributed by atoms with Crippen molar-refractivity contribution in [2.45, 2.75) is 46.2 Å². The first kappa shape index (κ1) is 17.2. The zero-order chi connectivity index (χ0) is 15.8. The molecule has 0 aliphatic rings. The van der Waals surface area contributed by atoms with Crippen LogP contribution in [0.5, 0.6) is 0 Å². The summed E-state index contributed by atoms with van der Waals surface area (Å²) >= 11 is 0. The maximum absolute atomic E-state index is 11.2. The molecule has 116 valence electrons. The van der Waals surface area contributed by atoms with Gasteiger partial charge in [-0.2, -0.15) is 0 Å². The van der Waals surface area contributed by atoms with Crippen molar-refractivity contribution in [2.75, 3.05) is 6.61 Å². The Morgan fingerprint density at radius 1 is 1.33 bits per heavy atom. The van der Waals surface area contributed by atoms with E-state index in [2.05, 4.69) is 10.5 Å². The van der Waals surface area contributed by atoms with Gasteiger partial charge in [-0.05, 0) is 31.4 Å². The van der Waals surface area contributed by atoms with Crippen LogP contribution < -0.4 is 5.32 Å². The van der Waals surface area contributed by atoms with E-state index in [1.54, 1.807) is 0 Å². The normalized spacial score (nSPS) is 13.3. The van der Waals surface area contributed by atoms with Crippen LogP contribution in [0.1, 0.15) is 38.8 Å². The summed E-state index contributed by atoms with van der Waals surface area (Å²) in [5, 5.41) is 16.3. The first-order valence-corrected chi connectivity index (χ1v) is 7.18. The molecular formula is C16H24N2O3. The molecular weight excluding hydrogens is 268 g/mol. The molecule has 1 aromatic rings. The molecule has 21 heavy (non-hydrogen) atoms. The summed E-state index contributed by atoms with van der Waals surface area (Å²) in [6, 6.07) is 7.28. The molecule has 0 saturated heterocycles. The molecule has 1 unspecified atom stereocenters. The summed E-state index contributed by atoms with van der Waals surface area (Å²) in [4.78, 5) is 16.3. The predicted molar refractivity (Wildman–Crippen MR) is 83.7 cm³/mol. The van der Waals surface area contributed by atoms with Crippen molar-refractivity contribution in [1.29, 1.82) is 0 Å². The lowest BCUT2D eigenvalue weighted by molar-refractivity contribution is -0.139. The molecule has 0 spiro atoms. The minimum absolute atomic E-state index is 0.131. The predicted octanol–water partition coefficient (Wildman–Crippen LogP) is 2.44. The molecule has 0 aliphatic heterocycles. The number of hydrogen-bond acceptors (Lipinski definition) is 4. The van der Waals surface area contributed by atoms with E-state index in [-0.39, 0.29) is 6.04 Å². The number of nitrogens with one attached hydrogen (secondary N) is 1. The Balaban J connectivity index is 2.75. The summed E-state index contributed by atoms with van der Waals surface area (Å²) in [7, 11) is 0. The van der Waals surface area contributed by atoms with Crippen LogP contribution in [0.2, 0.25) is 0 Å². The topological polar surface area (TPSA) is 70.9 Å². The van der Waals surface area contributed by atoms with Gasteiger partial charge >= 0.3 is 5.97 Å². The second-order valence-electron chi connectivity index (χ2n) is 5.21. The molecule has 0 saturated carbocycles. The maximum atomic E-state index is 11.2. The van der Waals surface area contributed by atoms with Gasteiger partial charge in [-0.1, -0.05) is 43.3 Å². The zero-order valence-corrected chi connectivity index (χ0v) is 13.1. The fraction of sp³-hybridized carbons (Fsp3) is 0.500. The number of carboxylic acid groups (broad SMARTS) is 1. The number of carbonyl (C=O) groups is 1. The van der Waals surface area contributed by atoms with Crippen molar-refractivity contribution in [3.8, 4) is 0 Å². The van der Waals surface area contributed by atoms with E-state index >= 15 is 0 Å². The molecule has 0 heterocycles. The van der Waals surface area contributed by atoms with Crippen molar-refractivity contribution in [3.05, 3.63) is 35.4 Å². The fourth-order valence-electron chi connectivity index (χ4n) is 1.95. The number of benzene rings is 1. The molecule has 0 radical (unpaired) electrons. The van der Waals surface area contributed by atoms with E-state index in [9.17, 15) is 9.90 Å². The van der Waals surface area contributed by atoms with Crippen molar-refractivity contribution < 1.29 is 14.7 Å². The van der Waals surface area contributed by atoms with E-state index in [1.807, 2.05) is 52.0 Å². The SMILES string of the molecule is CCO/N=C(/C)c1ccc(CC(NC(C)C)C(=O)O)cc1. The monoisotopic (exact) mass is 292 g/mol. The standard InChI is InChI=1S/C16H24N2O3/c1-5-21-18-12(4)14-8-6-13(7-9-14)10-15(16(19)20)17-11(2)3/h6-9,11,15,17H,5,10H2,1-4H3,(H,19,20)/b18-12-. The van der Waals surface area contributed by atoms with Gasteiger partial charge in [-0.3, -0.25) is 4.79 Å². The van der Waals surface area contributed by atoms with E-state index in [0.717, 1.165) is 16.8 Å². The fourth-order valence-corrected chi connectivity index (χ4v) is 1.95. The van der Waals surface area contributed by atoms with Crippen molar-refractivity contribution in [2.24, 2.45) is 5.16 Å². The molecule has 0 aliphatic carbocycles. The van der Waals surface area contributed by atoms with Gasteiger partial charge in [0, 0.05) is 6.04 Å². The van der Waals surface area contributed by atoms with Crippen LogP contribution in [0.15, 0.2) is 29.4 Å². The van der Waals surface area contributed by atoms with Crippen LogP contribution in [0.25, 0.3) is 0 Å². The average Bonchev–Trinajstić information content (AvgIpc) is 2.44. The number of aliphatic carboxylic acids is 1. The second-order valence-corrected chi connectivity index (χ2v) is 5.21. The van der Waals surface area contributed by atoms with E-state index in [0.29, 0.717) is 13.0 Å². The Morgan fingerprint density at radius 3 is 2.43 bits per heavy atom. The summed E-state index contributed by atoms with van der Waals surface area (Å²) < 4.78 is 0. The Hall–Kier alpha value is -1.88. The number of hydrogen-bond donors (Lipinski definition) is 2. The molecule has 0 bridgehead atoms. The van der Waals surface area contributed by atoms with Gasteiger partial charge in [-0.25, -0.2) is 0 Å². The first-order valence-electron chi connectivity index (χ1n) is 7.18. The Kier molecular flexibility index (Phi) is 6.88. The Morgan fingerprint density at radius 2 is 1.95 bits per heavy atom. The van der Waals surface area contributed by atoms with Gasteiger partial charge in [0.05, 0.1) is 5.71 Å². The largest absolute Gasteiger partial charge is 0.480 e. The van der Waals surface area contributed by atoms with E-state index in [4.69, 9.17) is 4.84 Å². The Bertz CT molecular complexity index is 481. The third-order valence-electron chi connectivity index (χ3n) is 2.97. The summed E-state index contributed by atoms with van der Waals surface area (Å²) in [6.45, 7) is 8.18. The summed E-state index contributed by atoms with van der Waals surface area (Å²) in [5.41, 5.74) is 2.75. The maximum Gasteiger partial charge on any atom is 0.321 e. The molecule has 2 N–H and O–H groups in total. The third kappa shape index (κ3) is 5.95. The highest BCUT2D eigenvalue weighted by molar-refractivity contribution is 5.98. The number of carboxylic acids is 1. The minimum Gasteiger partial charge on any atom is -0.480 e. The molecule has 5 nitrogen and oxygen atoms in total. The average molecular weight is 292 g/mol. The van der Waals surface area contributed by atoms with Gasteiger partial charge < -0.3 is 15.3 Å². The molecule has 0 fully saturated rings. The van der Waals surface area contributed by atoms with Crippen LogP contribution in [-0.4, -0.2) is 35.5 Å². The van der Waals surface area contributed by atoms with Gasteiger partial charge in [0.25, 0.3) is 0 Å². The van der Waals surface area contributed by atoms with Gasteiger partial charge in [0.2, 0.25) is 0 Å². The van der Waals surface area contributed by atoms with Crippen LogP contribution in [0.4, 0.5) is 0 Å². The highest BCUT2D eigenvalue weighted by Crippen LogP contribution is 2.09. The van der Waals surface area contributed by atoms with Crippen LogP contribution in [0.3, 0.4) is 0 Å². The quantitative estimate of drug-likeness (QED) is 0.570. The lowest BCUT2D eigenvalue weighted by atomic mass is 10.0. The molecule has 1 atom stereocenters. The molecule has 5 heteroatoms. The van der Waals surface area contributed by atoms with Gasteiger partial charge in [-0.15, -0.1) is 0 Å². The number of rotatable bonds is 8. The van der Waals surface area contributed by atoms with Gasteiger partial charge in [0.15, 0.2) is 0 Å². The smallest absolute Gasteiger partial charge is 0.321 e. The van der Waals surface area contributed by atoms with Crippen LogP contribution in [-0.2, 0) is 16.1 Å². The third-order valence-corrected chi connectivity index (χ3v) is 2.97. The molecule has 1 rings (SSSR count). The summed E-state index contributed by atoms with van der Waals surface area (Å²) in [6.07, 6.45) is 0.454. The van der Waals surface area contributed by atoms with Gasteiger partial charge in [0.1, 0.15) is 12.6 Å². The van der Waals surface area contributed by atoms with Crippen molar-refractivity contribution in [1.82, 2.24) is 5.32 Å².